The van der Waals surface area contributed by atoms with E-state index in [0.29, 0.717) is 72.3 Å². The Morgan fingerprint density at radius 3 is 2.63 bits per heavy atom. The fourth-order valence-electron chi connectivity index (χ4n) is 3.12. The van der Waals surface area contributed by atoms with E-state index in [1.807, 2.05) is 0 Å². The molecule has 0 saturated carbocycles. The predicted octanol–water partition coefficient (Wildman–Crippen LogP) is 1.88. The summed E-state index contributed by atoms with van der Waals surface area (Å²) in [5.74, 6) is 1.18. The van der Waals surface area contributed by atoms with Crippen LogP contribution in [0.5, 0.6) is 0 Å². The van der Waals surface area contributed by atoms with Gasteiger partial charge in [0.25, 0.3) is 0 Å². The van der Waals surface area contributed by atoms with Gasteiger partial charge in [-0.3, -0.25) is 4.79 Å². The minimum atomic E-state index is 0.305. The fraction of sp³-hybridized carbons (Fsp3) is 0.222. The van der Waals surface area contributed by atoms with Gasteiger partial charge < -0.3 is 14.1 Å². The molecule has 4 aromatic rings. The summed E-state index contributed by atoms with van der Waals surface area (Å²) < 4.78 is 11.4. The van der Waals surface area contributed by atoms with Gasteiger partial charge in [0.1, 0.15) is 17.5 Å². The van der Waals surface area contributed by atoms with Crippen molar-refractivity contribution in [1.82, 2.24) is 24.9 Å². The topological polar surface area (TPSA) is 107 Å². The van der Waals surface area contributed by atoms with Gasteiger partial charge in [-0.05, 0) is 12.1 Å². The number of fused-ring (bicyclic) bond motifs is 3. The third-order valence-corrected chi connectivity index (χ3v) is 4.43. The molecule has 5 heterocycles. The largest absolute Gasteiger partial charge is 0.432 e. The first-order valence-corrected chi connectivity index (χ1v) is 8.48. The van der Waals surface area contributed by atoms with E-state index in [2.05, 4.69) is 24.8 Å². The third-order valence-electron chi connectivity index (χ3n) is 4.43. The molecule has 0 aromatic carbocycles. The van der Waals surface area contributed by atoms with Crippen LogP contribution in [0.25, 0.3) is 33.6 Å². The number of nitrogens with zero attached hydrogens (tertiary/aromatic N) is 6. The lowest BCUT2D eigenvalue weighted by molar-refractivity contribution is 0.111. The number of aromatic nitrogens is 5. The van der Waals surface area contributed by atoms with Crippen molar-refractivity contribution in [2.24, 2.45) is 0 Å². The van der Waals surface area contributed by atoms with Gasteiger partial charge in [-0.25, -0.2) is 24.9 Å². The van der Waals surface area contributed by atoms with Gasteiger partial charge in [-0.1, -0.05) is 0 Å². The second-order valence-corrected chi connectivity index (χ2v) is 6.08. The first-order chi connectivity index (χ1) is 13.3. The molecule has 4 aromatic heterocycles. The highest BCUT2D eigenvalue weighted by Crippen LogP contribution is 2.34. The third kappa shape index (κ3) is 2.68. The summed E-state index contributed by atoms with van der Waals surface area (Å²) in [6, 6.07) is 3.44. The Bertz CT molecular complexity index is 1140. The fourth-order valence-corrected chi connectivity index (χ4v) is 3.12. The summed E-state index contributed by atoms with van der Waals surface area (Å²) in [7, 11) is 0. The molecule has 0 N–H and O–H groups in total. The van der Waals surface area contributed by atoms with Crippen molar-refractivity contribution in [2.45, 2.75) is 0 Å². The number of carbonyl (C=O) groups is 1. The molecule has 134 valence electrons. The highest BCUT2D eigenvalue weighted by Gasteiger charge is 2.23. The molecular weight excluding hydrogens is 348 g/mol. The molecule has 0 amide bonds. The summed E-state index contributed by atoms with van der Waals surface area (Å²) >= 11 is 0. The van der Waals surface area contributed by atoms with Gasteiger partial charge in [-0.15, -0.1) is 0 Å². The van der Waals surface area contributed by atoms with Gasteiger partial charge in [0, 0.05) is 25.5 Å². The minimum absolute atomic E-state index is 0.305. The molecule has 5 rings (SSSR count). The summed E-state index contributed by atoms with van der Waals surface area (Å²) in [6.07, 6.45) is 5.49. The molecule has 1 saturated heterocycles. The Morgan fingerprint density at radius 2 is 1.85 bits per heavy atom. The molecule has 0 radical (unpaired) electrons. The van der Waals surface area contributed by atoms with Crippen molar-refractivity contribution in [3.63, 3.8) is 0 Å². The van der Waals surface area contributed by atoms with Crippen molar-refractivity contribution >= 4 is 34.3 Å². The zero-order valence-corrected chi connectivity index (χ0v) is 14.2. The van der Waals surface area contributed by atoms with E-state index in [0.717, 1.165) is 5.39 Å². The zero-order valence-electron chi connectivity index (χ0n) is 14.2. The van der Waals surface area contributed by atoms with E-state index >= 15 is 0 Å². The Kier molecular flexibility index (Phi) is 3.72. The van der Waals surface area contributed by atoms with Crippen LogP contribution in [0.2, 0.25) is 0 Å². The van der Waals surface area contributed by atoms with Gasteiger partial charge >= 0.3 is 0 Å². The second kappa shape index (κ2) is 6.36. The van der Waals surface area contributed by atoms with Crippen molar-refractivity contribution in [2.75, 3.05) is 31.2 Å². The van der Waals surface area contributed by atoms with E-state index in [1.54, 1.807) is 24.5 Å². The highest BCUT2D eigenvalue weighted by molar-refractivity contribution is 6.05. The van der Waals surface area contributed by atoms with Gasteiger partial charge in [0.05, 0.1) is 24.2 Å². The molecule has 0 unspecified atom stereocenters. The first kappa shape index (κ1) is 15.8. The van der Waals surface area contributed by atoms with Crippen molar-refractivity contribution in [1.29, 1.82) is 0 Å². The summed E-state index contributed by atoms with van der Waals surface area (Å²) in [5, 5.41) is 0.727. The number of hydrogen-bond acceptors (Lipinski definition) is 9. The molecule has 9 nitrogen and oxygen atoms in total. The van der Waals surface area contributed by atoms with E-state index in [9.17, 15) is 4.79 Å². The zero-order chi connectivity index (χ0) is 18.2. The van der Waals surface area contributed by atoms with Crippen LogP contribution >= 0.6 is 0 Å². The molecular formula is C18H14N6O3. The van der Waals surface area contributed by atoms with E-state index in [1.165, 1.54) is 6.33 Å². The molecule has 1 aliphatic heterocycles. The van der Waals surface area contributed by atoms with Crippen LogP contribution < -0.4 is 4.90 Å². The van der Waals surface area contributed by atoms with E-state index in [-0.39, 0.29) is 0 Å². The lowest BCUT2D eigenvalue weighted by Crippen LogP contribution is -2.37. The van der Waals surface area contributed by atoms with Crippen LogP contribution in [0.3, 0.4) is 0 Å². The van der Waals surface area contributed by atoms with E-state index < -0.39 is 0 Å². The quantitative estimate of drug-likeness (QED) is 0.505. The highest BCUT2D eigenvalue weighted by atomic mass is 16.5. The summed E-state index contributed by atoms with van der Waals surface area (Å²) in [4.78, 5) is 34.9. The molecule has 0 bridgehead atoms. The molecule has 9 heteroatoms. The number of hydrogen-bond donors (Lipinski definition) is 0. The second-order valence-electron chi connectivity index (χ2n) is 6.08. The molecule has 0 spiro atoms. The minimum Gasteiger partial charge on any atom is -0.432 e. The van der Waals surface area contributed by atoms with Crippen molar-refractivity contribution in [3.8, 4) is 11.4 Å². The molecule has 1 aliphatic rings. The average molecular weight is 362 g/mol. The Labute approximate surface area is 153 Å². The number of rotatable bonds is 3. The Hall–Kier alpha value is -3.46. The average Bonchev–Trinajstić information content (AvgIpc) is 3.12. The number of furan rings is 1. The maximum absolute atomic E-state index is 11.1. The van der Waals surface area contributed by atoms with Crippen LogP contribution in [-0.2, 0) is 4.74 Å². The molecule has 1 fully saturated rings. The van der Waals surface area contributed by atoms with E-state index in [4.69, 9.17) is 14.1 Å². The van der Waals surface area contributed by atoms with Gasteiger partial charge in [-0.2, -0.15) is 0 Å². The normalized spacial score (nSPS) is 14.7. The van der Waals surface area contributed by atoms with Gasteiger partial charge in [0.2, 0.25) is 5.71 Å². The monoisotopic (exact) mass is 362 g/mol. The maximum Gasteiger partial charge on any atom is 0.229 e. The predicted molar refractivity (Wildman–Crippen MR) is 96.6 cm³/mol. The van der Waals surface area contributed by atoms with Crippen LogP contribution in [0.4, 0.5) is 5.82 Å². The number of ether oxygens (including phenoxy) is 1. The van der Waals surface area contributed by atoms with Gasteiger partial charge in [0.15, 0.2) is 23.5 Å². The van der Waals surface area contributed by atoms with Crippen molar-refractivity contribution in [3.05, 3.63) is 36.5 Å². The Balaban J connectivity index is 1.79. The number of aldehydes is 1. The van der Waals surface area contributed by atoms with Crippen LogP contribution in [0.1, 0.15) is 10.5 Å². The molecule has 0 atom stereocenters. The first-order valence-electron chi connectivity index (χ1n) is 8.48. The number of pyridine rings is 1. The molecule has 0 aliphatic carbocycles. The smallest absolute Gasteiger partial charge is 0.229 e. The van der Waals surface area contributed by atoms with Crippen LogP contribution in [0.15, 0.2) is 35.3 Å². The van der Waals surface area contributed by atoms with Crippen LogP contribution in [0, 0.1) is 0 Å². The lowest BCUT2D eigenvalue weighted by Gasteiger charge is -2.27. The lowest BCUT2D eigenvalue weighted by atomic mass is 10.2. The van der Waals surface area contributed by atoms with Crippen LogP contribution in [-0.4, -0.2) is 57.5 Å². The number of anilines is 1. The van der Waals surface area contributed by atoms with Crippen molar-refractivity contribution < 1.29 is 13.9 Å². The maximum atomic E-state index is 11.1. The standard InChI is InChI=1S/C18H14N6O3/c25-9-12-1-2-13-14-15(27-18(13)21-12)17(24-3-5-26-6-4-24)23-16(22-14)11-7-19-10-20-8-11/h1-2,7-10H,3-6H2. The molecule has 27 heavy (non-hydrogen) atoms. The number of morpholine rings is 1. The summed E-state index contributed by atoms with van der Waals surface area (Å²) in [5.41, 5.74) is 2.56. The summed E-state index contributed by atoms with van der Waals surface area (Å²) in [6.45, 7) is 2.62. The number of carbonyl (C=O) groups excluding carboxylic acids is 1. The SMILES string of the molecule is O=Cc1ccc2c(n1)oc1c(N3CCOCC3)nc(-c3cncnc3)nc12. The Morgan fingerprint density at radius 1 is 1.04 bits per heavy atom.